The summed E-state index contributed by atoms with van der Waals surface area (Å²) in [4.78, 5) is 12.6. The molecule has 1 aliphatic heterocycles. The third kappa shape index (κ3) is 3.59. The van der Waals surface area contributed by atoms with Gasteiger partial charge >= 0.3 is 0 Å². The van der Waals surface area contributed by atoms with Crippen molar-refractivity contribution in [1.82, 2.24) is 0 Å². The Morgan fingerprint density at radius 1 is 1.08 bits per heavy atom. The van der Waals surface area contributed by atoms with E-state index in [9.17, 15) is 4.79 Å². The van der Waals surface area contributed by atoms with Crippen LogP contribution >= 0.6 is 0 Å². The fraction of sp³-hybridized carbons (Fsp3) is 0.318. The molecule has 1 heterocycles. The van der Waals surface area contributed by atoms with Crippen molar-refractivity contribution in [3.05, 3.63) is 58.3 Å². The van der Waals surface area contributed by atoms with Gasteiger partial charge in [0.25, 0.3) is 0 Å². The second-order valence-electron chi connectivity index (χ2n) is 6.48. The van der Waals surface area contributed by atoms with Crippen LogP contribution in [0.3, 0.4) is 0 Å². The highest BCUT2D eigenvalue weighted by Gasteiger charge is 2.28. The zero-order valence-electron chi connectivity index (χ0n) is 15.7. The van der Waals surface area contributed by atoms with E-state index in [1.54, 1.807) is 13.2 Å². The van der Waals surface area contributed by atoms with Crippen molar-refractivity contribution in [2.24, 2.45) is 0 Å². The molecule has 136 valence electrons. The SMILES string of the molecule is CCCCOc1ccc(/C=C2\Oc3cc(C)c(C)cc3C2=O)cc1OC. The Bertz CT molecular complexity index is 865. The molecule has 0 spiro atoms. The Labute approximate surface area is 154 Å². The average Bonchev–Trinajstić information content (AvgIpc) is 2.92. The maximum atomic E-state index is 12.6. The molecule has 4 nitrogen and oxygen atoms in total. The number of ketones is 1. The van der Waals surface area contributed by atoms with E-state index in [1.165, 1.54) is 0 Å². The quantitative estimate of drug-likeness (QED) is 0.535. The second-order valence-corrected chi connectivity index (χ2v) is 6.48. The number of allylic oxidation sites excluding steroid dienone is 1. The fourth-order valence-corrected chi connectivity index (χ4v) is 2.82. The van der Waals surface area contributed by atoms with E-state index in [4.69, 9.17) is 14.2 Å². The van der Waals surface area contributed by atoms with E-state index >= 15 is 0 Å². The first-order valence-corrected chi connectivity index (χ1v) is 8.89. The predicted molar refractivity (Wildman–Crippen MR) is 102 cm³/mol. The Balaban J connectivity index is 1.85. The second kappa shape index (κ2) is 7.65. The van der Waals surface area contributed by atoms with E-state index < -0.39 is 0 Å². The number of carbonyl (C=O) groups excluding carboxylic acids is 1. The molecule has 26 heavy (non-hydrogen) atoms. The highest BCUT2D eigenvalue weighted by molar-refractivity contribution is 6.14. The molecule has 0 amide bonds. The normalized spacial score (nSPS) is 14.3. The number of rotatable bonds is 6. The standard InChI is InChI=1S/C22H24O4/c1-5-6-9-25-18-8-7-16(12-20(18)24-4)13-21-22(23)17-10-14(2)15(3)11-19(17)26-21/h7-8,10-13H,5-6,9H2,1-4H3/b21-13-. The van der Waals surface area contributed by atoms with Crippen molar-refractivity contribution in [2.75, 3.05) is 13.7 Å². The summed E-state index contributed by atoms with van der Waals surface area (Å²) in [7, 11) is 1.61. The highest BCUT2D eigenvalue weighted by atomic mass is 16.5. The van der Waals surface area contributed by atoms with E-state index in [-0.39, 0.29) is 5.78 Å². The molecule has 3 rings (SSSR count). The molecule has 2 aromatic carbocycles. The van der Waals surface area contributed by atoms with Crippen molar-refractivity contribution >= 4 is 11.9 Å². The molecular weight excluding hydrogens is 328 g/mol. The van der Waals surface area contributed by atoms with Gasteiger partial charge in [-0.1, -0.05) is 19.4 Å². The largest absolute Gasteiger partial charge is 0.493 e. The minimum atomic E-state index is -0.0923. The fourth-order valence-electron chi connectivity index (χ4n) is 2.82. The van der Waals surface area contributed by atoms with Gasteiger partial charge in [0, 0.05) is 0 Å². The third-order valence-corrected chi connectivity index (χ3v) is 4.53. The van der Waals surface area contributed by atoms with Gasteiger partial charge in [-0.05, 0) is 67.3 Å². The molecule has 4 heteroatoms. The lowest BCUT2D eigenvalue weighted by Crippen LogP contribution is -2.00. The number of carbonyl (C=O) groups is 1. The van der Waals surface area contributed by atoms with E-state index in [2.05, 4.69) is 6.92 Å². The molecule has 0 radical (unpaired) electrons. The van der Waals surface area contributed by atoms with Crippen LogP contribution in [-0.2, 0) is 0 Å². The molecule has 0 saturated heterocycles. The topological polar surface area (TPSA) is 44.8 Å². The Morgan fingerprint density at radius 3 is 2.58 bits per heavy atom. The summed E-state index contributed by atoms with van der Waals surface area (Å²) >= 11 is 0. The van der Waals surface area contributed by atoms with Gasteiger partial charge in [0.1, 0.15) is 5.75 Å². The van der Waals surface area contributed by atoms with Crippen LogP contribution in [0.4, 0.5) is 0 Å². The highest BCUT2D eigenvalue weighted by Crippen LogP contribution is 2.35. The first kappa shape index (κ1) is 18.1. The molecule has 0 aliphatic carbocycles. The van der Waals surface area contributed by atoms with Crippen LogP contribution in [0.25, 0.3) is 6.08 Å². The molecule has 1 aliphatic rings. The number of benzene rings is 2. The van der Waals surface area contributed by atoms with Crippen molar-refractivity contribution in [3.63, 3.8) is 0 Å². The monoisotopic (exact) mass is 352 g/mol. The van der Waals surface area contributed by atoms with Gasteiger partial charge in [0.15, 0.2) is 17.3 Å². The van der Waals surface area contributed by atoms with Crippen molar-refractivity contribution in [2.45, 2.75) is 33.6 Å². The lowest BCUT2D eigenvalue weighted by atomic mass is 10.0. The molecule has 0 N–H and O–H groups in total. The van der Waals surface area contributed by atoms with Crippen LogP contribution in [0.1, 0.15) is 46.8 Å². The Morgan fingerprint density at radius 2 is 1.85 bits per heavy atom. The van der Waals surface area contributed by atoms with E-state index in [0.29, 0.717) is 35.2 Å². The van der Waals surface area contributed by atoms with E-state index in [1.807, 2.05) is 44.2 Å². The number of hydrogen-bond acceptors (Lipinski definition) is 4. The smallest absolute Gasteiger partial charge is 0.231 e. The van der Waals surface area contributed by atoms with Crippen LogP contribution in [-0.4, -0.2) is 19.5 Å². The van der Waals surface area contributed by atoms with Crippen molar-refractivity contribution < 1.29 is 19.0 Å². The summed E-state index contributed by atoms with van der Waals surface area (Å²) in [5.74, 6) is 2.20. The number of hydrogen-bond donors (Lipinski definition) is 0. The molecule has 0 atom stereocenters. The van der Waals surface area contributed by atoms with Crippen molar-refractivity contribution in [1.29, 1.82) is 0 Å². The van der Waals surface area contributed by atoms with Crippen LogP contribution in [0.2, 0.25) is 0 Å². The zero-order valence-corrected chi connectivity index (χ0v) is 15.7. The van der Waals surface area contributed by atoms with Gasteiger partial charge in [0.2, 0.25) is 5.78 Å². The Hall–Kier alpha value is -2.75. The molecule has 2 aromatic rings. The summed E-state index contributed by atoms with van der Waals surface area (Å²) < 4.78 is 17.0. The first-order valence-electron chi connectivity index (χ1n) is 8.89. The Kier molecular flexibility index (Phi) is 5.31. The number of Topliss-reactive ketones (excluding diaryl/α,β-unsaturated/α-hetero) is 1. The first-order chi connectivity index (χ1) is 12.5. The minimum absolute atomic E-state index is 0.0923. The van der Waals surface area contributed by atoms with E-state index in [0.717, 1.165) is 29.5 Å². The maximum absolute atomic E-state index is 12.6. The molecule has 0 saturated carbocycles. The number of fused-ring (bicyclic) bond motifs is 1. The number of aryl methyl sites for hydroxylation is 2. The van der Waals surface area contributed by atoms with Gasteiger partial charge in [-0.15, -0.1) is 0 Å². The van der Waals surface area contributed by atoms with Gasteiger partial charge in [0.05, 0.1) is 19.3 Å². The predicted octanol–water partition coefficient (Wildman–Crippen LogP) is 5.11. The van der Waals surface area contributed by atoms with Crippen LogP contribution in [0.5, 0.6) is 17.2 Å². The lowest BCUT2D eigenvalue weighted by molar-refractivity contribution is 0.101. The minimum Gasteiger partial charge on any atom is -0.493 e. The molecular formula is C22H24O4. The van der Waals surface area contributed by atoms with Gasteiger partial charge in [-0.3, -0.25) is 4.79 Å². The lowest BCUT2D eigenvalue weighted by Gasteiger charge is -2.11. The third-order valence-electron chi connectivity index (χ3n) is 4.53. The van der Waals surface area contributed by atoms with Crippen LogP contribution in [0, 0.1) is 13.8 Å². The molecule has 0 unspecified atom stereocenters. The zero-order chi connectivity index (χ0) is 18.7. The molecule has 0 aromatic heterocycles. The summed E-state index contributed by atoms with van der Waals surface area (Å²) in [5.41, 5.74) is 3.63. The summed E-state index contributed by atoms with van der Waals surface area (Å²) in [6.07, 6.45) is 3.81. The van der Waals surface area contributed by atoms with Crippen molar-refractivity contribution in [3.8, 4) is 17.2 Å². The number of ether oxygens (including phenoxy) is 3. The van der Waals surface area contributed by atoms with Gasteiger partial charge in [-0.2, -0.15) is 0 Å². The van der Waals surface area contributed by atoms with Gasteiger partial charge in [-0.25, -0.2) is 0 Å². The van der Waals surface area contributed by atoms with Crippen LogP contribution < -0.4 is 14.2 Å². The summed E-state index contributed by atoms with van der Waals surface area (Å²) in [5, 5.41) is 0. The molecule has 0 fully saturated rings. The number of unbranched alkanes of at least 4 members (excludes halogenated alkanes) is 1. The van der Waals surface area contributed by atoms with Gasteiger partial charge < -0.3 is 14.2 Å². The maximum Gasteiger partial charge on any atom is 0.231 e. The summed E-state index contributed by atoms with van der Waals surface area (Å²) in [6, 6.07) is 9.41. The van der Waals surface area contributed by atoms with Crippen LogP contribution in [0.15, 0.2) is 36.1 Å². The molecule has 0 bridgehead atoms. The average molecular weight is 352 g/mol. The number of methoxy groups -OCH3 is 1. The summed E-state index contributed by atoms with van der Waals surface area (Å²) in [6.45, 7) is 6.78.